The molecule has 0 spiro atoms. The van der Waals surface area contributed by atoms with E-state index < -0.39 is 0 Å². The van der Waals surface area contributed by atoms with Crippen molar-refractivity contribution in [3.05, 3.63) is 17.8 Å². The highest BCUT2D eigenvalue weighted by atomic mass is 32.1. The van der Waals surface area contributed by atoms with Crippen LogP contribution in [-0.4, -0.2) is 16.5 Å². The largest absolute Gasteiger partial charge is 0.359 e. The van der Waals surface area contributed by atoms with Gasteiger partial charge in [0.2, 0.25) is 0 Å². The Kier molecular flexibility index (Phi) is 2.61. The summed E-state index contributed by atoms with van der Waals surface area (Å²) < 4.78 is 0. The van der Waals surface area contributed by atoms with Gasteiger partial charge in [-0.25, -0.2) is 9.97 Å². The van der Waals surface area contributed by atoms with E-state index in [1.54, 1.807) is 17.7 Å². The first-order valence-electron chi connectivity index (χ1n) is 4.23. The Morgan fingerprint density at radius 2 is 2.43 bits per heavy atom. The first-order valence-corrected chi connectivity index (χ1v) is 5.11. The van der Waals surface area contributed by atoms with Gasteiger partial charge in [-0.05, 0) is 18.4 Å². The highest BCUT2D eigenvalue weighted by molar-refractivity contribution is 7.16. The topological polar surface area (TPSA) is 37.8 Å². The van der Waals surface area contributed by atoms with Crippen molar-refractivity contribution in [1.29, 1.82) is 0 Å². The minimum atomic E-state index is 0.623. The molecule has 4 heteroatoms. The summed E-state index contributed by atoms with van der Waals surface area (Å²) in [6.07, 6.45) is 1.57. The fourth-order valence-corrected chi connectivity index (χ4v) is 1.88. The molecule has 0 aliphatic heterocycles. The molecule has 0 amide bonds. The fraction of sp³-hybridized carbons (Fsp3) is 0.200. The third kappa shape index (κ3) is 1.68. The summed E-state index contributed by atoms with van der Waals surface area (Å²) in [4.78, 5) is 9.34. The molecule has 0 saturated carbocycles. The van der Waals surface area contributed by atoms with E-state index in [-0.39, 0.29) is 0 Å². The van der Waals surface area contributed by atoms with E-state index in [9.17, 15) is 0 Å². The number of thiophene rings is 1. The maximum atomic E-state index is 4.17. The van der Waals surface area contributed by atoms with E-state index in [0.717, 1.165) is 16.0 Å². The third-order valence-corrected chi connectivity index (χ3v) is 2.60. The number of nitrogens with zero attached hydrogens (tertiary/aromatic N) is 2. The van der Waals surface area contributed by atoms with Crippen LogP contribution < -0.4 is 5.32 Å². The molecule has 2 aromatic rings. The van der Waals surface area contributed by atoms with Gasteiger partial charge in [0.15, 0.2) is 0 Å². The predicted molar refractivity (Wildman–Crippen MR) is 59.4 cm³/mol. The molecule has 3 nitrogen and oxygen atoms in total. The second-order valence-electron chi connectivity index (χ2n) is 2.64. The summed E-state index contributed by atoms with van der Waals surface area (Å²) in [5.74, 6) is 6.62. The van der Waals surface area contributed by atoms with Gasteiger partial charge in [0.05, 0.1) is 11.9 Å². The lowest BCUT2D eigenvalue weighted by atomic mass is 10.4. The van der Waals surface area contributed by atoms with Crippen molar-refractivity contribution in [2.24, 2.45) is 0 Å². The average Bonchev–Trinajstić information content (AvgIpc) is 2.67. The first-order chi connectivity index (χ1) is 6.92. The molecule has 0 atom stereocenters. The molecule has 2 aromatic heterocycles. The van der Waals surface area contributed by atoms with Crippen molar-refractivity contribution < 1.29 is 0 Å². The lowest BCUT2D eigenvalue weighted by Gasteiger charge is -2.01. The van der Waals surface area contributed by atoms with Crippen molar-refractivity contribution in [2.75, 3.05) is 11.9 Å². The van der Waals surface area contributed by atoms with Gasteiger partial charge >= 0.3 is 0 Å². The monoisotopic (exact) mass is 203 g/mol. The van der Waals surface area contributed by atoms with Crippen molar-refractivity contribution in [1.82, 2.24) is 9.97 Å². The fourth-order valence-electron chi connectivity index (χ4n) is 1.15. The van der Waals surface area contributed by atoms with E-state index in [0.29, 0.717) is 6.54 Å². The number of fused-ring (bicyclic) bond motifs is 1. The zero-order valence-electron chi connectivity index (χ0n) is 7.74. The molecule has 0 aliphatic carbocycles. The lowest BCUT2D eigenvalue weighted by Crippen LogP contribution is -2.01. The standard InChI is InChI=1S/C10H9N3S/c1-2-3-5-11-9-8-4-6-14-10(8)13-7-12-9/h4,6-7H,5H2,1H3,(H,11,12,13). The normalized spacial score (nSPS) is 9.50. The number of aromatic nitrogens is 2. The van der Waals surface area contributed by atoms with Crippen LogP contribution in [0, 0.1) is 11.8 Å². The Morgan fingerprint density at radius 1 is 1.50 bits per heavy atom. The van der Waals surface area contributed by atoms with Gasteiger partial charge in [0.25, 0.3) is 0 Å². The summed E-state index contributed by atoms with van der Waals surface area (Å²) >= 11 is 1.61. The molecule has 2 heterocycles. The Labute approximate surface area is 86.2 Å². The van der Waals surface area contributed by atoms with E-state index in [2.05, 4.69) is 27.1 Å². The second kappa shape index (κ2) is 4.07. The molecule has 0 aliphatic rings. The van der Waals surface area contributed by atoms with Crippen molar-refractivity contribution in [3.63, 3.8) is 0 Å². The van der Waals surface area contributed by atoms with Crippen molar-refractivity contribution in [3.8, 4) is 11.8 Å². The molecule has 14 heavy (non-hydrogen) atoms. The minimum absolute atomic E-state index is 0.623. The van der Waals surface area contributed by atoms with Crippen molar-refractivity contribution >= 4 is 27.4 Å². The Balaban J connectivity index is 2.30. The summed E-state index contributed by atoms with van der Waals surface area (Å²) in [5.41, 5.74) is 0. The zero-order chi connectivity index (χ0) is 9.80. The molecular formula is C10H9N3S. The zero-order valence-corrected chi connectivity index (χ0v) is 8.56. The number of rotatable bonds is 2. The summed E-state index contributed by atoms with van der Waals surface area (Å²) in [5, 5.41) is 6.23. The van der Waals surface area contributed by atoms with E-state index >= 15 is 0 Å². The Hall–Kier alpha value is -1.60. The van der Waals surface area contributed by atoms with Gasteiger partial charge in [0, 0.05) is 0 Å². The Morgan fingerprint density at radius 3 is 3.29 bits per heavy atom. The molecule has 0 bridgehead atoms. The van der Waals surface area contributed by atoms with Crippen LogP contribution in [0.4, 0.5) is 5.82 Å². The maximum absolute atomic E-state index is 4.17. The van der Waals surface area contributed by atoms with Gasteiger partial charge in [0.1, 0.15) is 17.0 Å². The van der Waals surface area contributed by atoms with Gasteiger partial charge in [-0.3, -0.25) is 0 Å². The minimum Gasteiger partial charge on any atom is -0.359 e. The number of anilines is 1. The van der Waals surface area contributed by atoms with Crippen LogP contribution >= 0.6 is 11.3 Å². The summed E-state index contributed by atoms with van der Waals surface area (Å²) in [7, 11) is 0. The average molecular weight is 203 g/mol. The van der Waals surface area contributed by atoms with Crippen LogP contribution in [0.1, 0.15) is 6.92 Å². The van der Waals surface area contributed by atoms with Gasteiger partial charge in [-0.1, -0.05) is 5.92 Å². The number of hydrogen-bond acceptors (Lipinski definition) is 4. The number of hydrogen-bond donors (Lipinski definition) is 1. The van der Waals surface area contributed by atoms with Gasteiger partial charge in [-0.15, -0.1) is 17.3 Å². The van der Waals surface area contributed by atoms with E-state index in [1.165, 1.54) is 0 Å². The Bertz CT molecular complexity index is 493. The molecular weight excluding hydrogens is 194 g/mol. The van der Waals surface area contributed by atoms with Crippen LogP contribution in [0.2, 0.25) is 0 Å². The smallest absolute Gasteiger partial charge is 0.138 e. The van der Waals surface area contributed by atoms with Crippen LogP contribution in [0.5, 0.6) is 0 Å². The van der Waals surface area contributed by atoms with Crippen molar-refractivity contribution in [2.45, 2.75) is 6.92 Å². The summed E-state index contributed by atoms with van der Waals surface area (Å²) in [6, 6.07) is 2.02. The second-order valence-corrected chi connectivity index (χ2v) is 3.54. The van der Waals surface area contributed by atoms with Crippen LogP contribution in [-0.2, 0) is 0 Å². The summed E-state index contributed by atoms with van der Waals surface area (Å²) in [6.45, 7) is 2.44. The number of nitrogens with one attached hydrogen (secondary N) is 1. The molecule has 2 rings (SSSR count). The molecule has 0 radical (unpaired) electrons. The molecule has 70 valence electrons. The van der Waals surface area contributed by atoms with Crippen LogP contribution in [0.25, 0.3) is 10.2 Å². The molecule has 0 unspecified atom stereocenters. The third-order valence-electron chi connectivity index (χ3n) is 1.78. The highest BCUT2D eigenvalue weighted by Crippen LogP contribution is 2.23. The van der Waals surface area contributed by atoms with Gasteiger partial charge in [-0.2, -0.15) is 0 Å². The van der Waals surface area contributed by atoms with Crippen LogP contribution in [0.3, 0.4) is 0 Å². The van der Waals surface area contributed by atoms with E-state index in [1.807, 2.05) is 18.4 Å². The predicted octanol–water partition coefficient (Wildman–Crippen LogP) is 2.13. The maximum Gasteiger partial charge on any atom is 0.138 e. The van der Waals surface area contributed by atoms with E-state index in [4.69, 9.17) is 0 Å². The SMILES string of the molecule is CC#CCNc1ncnc2sccc12. The first kappa shape index (κ1) is 8.97. The highest BCUT2D eigenvalue weighted by Gasteiger charge is 2.02. The van der Waals surface area contributed by atoms with Crippen LogP contribution in [0.15, 0.2) is 17.8 Å². The van der Waals surface area contributed by atoms with Gasteiger partial charge < -0.3 is 5.32 Å². The lowest BCUT2D eigenvalue weighted by molar-refractivity contribution is 1.20. The molecule has 0 aromatic carbocycles. The molecule has 1 N–H and O–H groups in total. The molecule has 0 saturated heterocycles. The molecule has 0 fully saturated rings. The quantitative estimate of drug-likeness (QED) is 0.760.